The lowest BCUT2D eigenvalue weighted by molar-refractivity contribution is 0.0734. The van der Waals surface area contributed by atoms with Gasteiger partial charge in [-0.3, -0.25) is 5.41 Å². The molecule has 0 spiro atoms. The Kier molecular flexibility index (Phi) is 5.24. The number of hydrogen-bond acceptors (Lipinski definition) is 3. The summed E-state index contributed by atoms with van der Waals surface area (Å²) in [6.07, 6.45) is 0.964. The summed E-state index contributed by atoms with van der Waals surface area (Å²) in [5, 5.41) is 9.82. The maximum Gasteiger partial charge on any atom is 0.343 e. The molecule has 4 N–H and O–H groups in total. The number of esters is 1. The van der Waals surface area contributed by atoms with Crippen molar-refractivity contribution in [3.8, 4) is 5.75 Å². The van der Waals surface area contributed by atoms with Crippen LogP contribution in [-0.4, -0.2) is 11.9 Å². The van der Waals surface area contributed by atoms with Crippen molar-refractivity contribution in [3.63, 3.8) is 0 Å². The van der Waals surface area contributed by atoms with E-state index in [1.807, 2.05) is 24.3 Å². The second-order valence-electron chi connectivity index (χ2n) is 6.89. The SMILES string of the molecule is CC(C)(C)Cc1ccc(OC(=O)c2ccc(NC(=N)N)cc2)cc1. The molecule has 24 heavy (non-hydrogen) atoms. The zero-order valence-corrected chi connectivity index (χ0v) is 14.2. The number of anilines is 1. The lowest BCUT2D eigenvalue weighted by Crippen LogP contribution is -2.20. The van der Waals surface area contributed by atoms with Gasteiger partial charge in [0.1, 0.15) is 5.75 Å². The molecule has 0 aromatic heterocycles. The summed E-state index contributed by atoms with van der Waals surface area (Å²) in [5.74, 6) is -0.0581. The van der Waals surface area contributed by atoms with Gasteiger partial charge in [-0.2, -0.15) is 0 Å². The minimum absolute atomic E-state index is 0.152. The molecule has 2 aromatic rings. The van der Waals surface area contributed by atoms with E-state index in [9.17, 15) is 4.79 Å². The molecule has 0 aliphatic rings. The van der Waals surface area contributed by atoms with E-state index in [1.54, 1.807) is 24.3 Å². The number of nitrogens with one attached hydrogen (secondary N) is 2. The molecule has 0 radical (unpaired) electrons. The minimum atomic E-state index is -0.423. The lowest BCUT2D eigenvalue weighted by atomic mass is 9.88. The van der Waals surface area contributed by atoms with Crippen LogP contribution in [0, 0.1) is 10.8 Å². The van der Waals surface area contributed by atoms with Gasteiger partial charge in [0.15, 0.2) is 5.96 Å². The van der Waals surface area contributed by atoms with E-state index < -0.39 is 5.97 Å². The number of carbonyl (C=O) groups excluding carboxylic acids is 1. The first-order chi connectivity index (χ1) is 11.2. The smallest absolute Gasteiger partial charge is 0.343 e. The molecule has 2 rings (SSSR count). The van der Waals surface area contributed by atoms with Crippen LogP contribution in [-0.2, 0) is 6.42 Å². The topological polar surface area (TPSA) is 88.2 Å². The number of hydrogen-bond donors (Lipinski definition) is 3. The lowest BCUT2D eigenvalue weighted by Gasteiger charge is -2.18. The monoisotopic (exact) mass is 325 g/mol. The van der Waals surface area contributed by atoms with Crippen molar-refractivity contribution in [2.45, 2.75) is 27.2 Å². The zero-order valence-electron chi connectivity index (χ0n) is 14.2. The number of benzene rings is 2. The first-order valence-electron chi connectivity index (χ1n) is 7.75. The number of nitrogens with two attached hydrogens (primary N) is 1. The highest BCUT2D eigenvalue weighted by molar-refractivity contribution is 5.93. The van der Waals surface area contributed by atoms with Gasteiger partial charge in [-0.15, -0.1) is 0 Å². The van der Waals surface area contributed by atoms with Crippen molar-refractivity contribution in [3.05, 3.63) is 59.7 Å². The Bertz CT molecular complexity index is 714. The number of rotatable bonds is 4. The quantitative estimate of drug-likeness (QED) is 0.345. The molecule has 0 atom stereocenters. The van der Waals surface area contributed by atoms with Crippen molar-refractivity contribution < 1.29 is 9.53 Å². The predicted octanol–water partition coefficient (Wildman–Crippen LogP) is 3.80. The van der Waals surface area contributed by atoms with Gasteiger partial charge in [-0.1, -0.05) is 32.9 Å². The van der Waals surface area contributed by atoms with Gasteiger partial charge in [0.05, 0.1) is 5.56 Å². The van der Waals surface area contributed by atoms with Gasteiger partial charge < -0.3 is 15.8 Å². The van der Waals surface area contributed by atoms with E-state index in [0.29, 0.717) is 17.0 Å². The van der Waals surface area contributed by atoms with Crippen LogP contribution >= 0.6 is 0 Å². The van der Waals surface area contributed by atoms with Gasteiger partial charge in [0.2, 0.25) is 0 Å². The van der Waals surface area contributed by atoms with E-state index in [4.69, 9.17) is 15.9 Å². The fourth-order valence-corrected chi connectivity index (χ4v) is 2.30. The molecule has 126 valence electrons. The average Bonchev–Trinajstić information content (AvgIpc) is 2.48. The molecule has 0 unspecified atom stereocenters. The van der Waals surface area contributed by atoms with Crippen LogP contribution in [0.15, 0.2) is 48.5 Å². The number of ether oxygens (including phenoxy) is 1. The summed E-state index contributed by atoms with van der Waals surface area (Å²) in [4.78, 5) is 12.2. The van der Waals surface area contributed by atoms with Crippen LogP contribution in [0.4, 0.5) is 5.69 Å². The van der Waals surface area contributed by atoms with E-state index >= 15 is 0 Å². The first-order valence-corrected chi connectivity index (χ1v) is 7.75. The van der Waals surface area contributed by atoms with Gasteiger partial charge in [0, 0.05) is 5.69 Å². The summed E-state index contributed by atoms with van der Waals surface area (Å²) < 4.78 is 5.38. The zero-order chi connectivity index (χ0) is 17.7. The summed E-state index contributed by atoms with van der Waals surface area (Å²) in [5.41, 5.74) is 7.76. The van der Waals surface area contributed by atoms with Gasteiger partial charge >= 0.3 is 5.97 Å². The largest absolute Gasteiger partial charge is 0.423 e. The van der Waals surface area contributed by atoms with E-state index in [-0.39, 0.29) is 11.4 Å². The maximum absolute atomic E-state index is 12.2. The van der Waals surface area contributed by atoms with Gasteiger partial charge in [-0.05, 0) is 53.8 Å². The second-order valence-corrected chi connectivity index (χ2v) is 6.89. The third-order valence-corrected chi connectivity index (χ3v) is 3.27. The predicted molar refractivity (Wildman–Crippen MR) is 96.5 cm³/mol. The minimum Gasteiger partial charge on any atom is -0.423 e. The van der Waals surface area contributed by atoms with E-state index in [1.165, 1.54) is 5.56 Å². The molecular weight excluding hydrogens is 302 g/mol. The highest BCUT2D eigenvalue weighted by atomic mass is 16.5. The first kappa shape index (κ1) is 17.5. The average molecular weight is 325 g/mol. The van der Waals surface area contributed by atoms with Crippen LogP contribution < -0.4 is 15.8 Å². The molecule has 2 aromatic carbocycles. The molecule has 0 saturated carbocycles. The standard InChI is InChI=1S/C19H23N3O2/c1-19(2,3)12-13-4-10-16(11-5-13)24-17(23)14-6-8-15(9-7-14)22-18(20)21/h4-11H,12H2,1-3H3,(H4,20,21,22). The summed E-state index contributed by atoms with van der Waals surface area (Å²) in [6, 6.07) is 14.2. The second kappa shape index (κ2) is 7.17. The van der Waals surface area contributed by atoms with Gasteiger partial charge in [0.25, 0.3) is 0 Å². The molecule has 0 heterocycles. The van der Waals surface area contributed by atoms with Crippen LogP contribution in [0.2, 0.25) is 0 Å². The van der Waals surface area contributed by atoms with E-state index in [2.05, 4.69) is 26.1 Å². The highest BCUT2D eigenvalue weighted by Gasteiger charge is 2.12. The Hall–Kier alpha value is -2.82. The van der Waals surface area contributed by atoms with Crippen molar-refractivity contribution >= 4 is 17.6 Å². The van der Waals surface area contributed by atoms with Gasteiger partial charge in [-0.25, -0.2) is 4.79 Å². The van der Waals surface area contributed by atoms with Crippen molar-refractivity contribution in [2.75, 3.05) is 5.32 Å². The number of carbonyl (C=O) groups is 1. The summed E-state index contributed by atoms with van der Waals surface area (Å²) >= 11 is 0. The molecule has 0 aliphatic carbocycles. The van der Waals surface area contributed by atoms with E-state index in [0.717, 1.165) is 6.42 Å². The molecule has 0 amide bonds. The fourth-order valence-electron chi connectivity index (χ4n) is 2.30. The molecule has 5 heteroatoms. The Morgan fingerprint density at radius 2 is 1.67 bits per heavy atom. The van der Waals surface area contributed by atoms with Crippen molar-refractivity contribution in [1.82, 2.24) is 0 Å². The van der Waals surface area contributed by atoms with Crippen molar-refractivity contribution in [2.24, 2.45) is 11.1 Å². The maximum atomic E-state index is 12.2. The Balaban J connectivity index is 2.00. The highest BCUT2D eigenvalue weighted by Crippen LogP contribution is 2.22. The summed E-state index contributed by atoms with van der Waals surface area (Å²) in [6.45, 7) is 6.56. The molecule has 0 saturated heterocycles. The molecule has 0 aliphatic heterocycles. The molecular formula is C19H23N3O2. The number of guanidine groups is 1. The van der Waals surface area contributed by atoms with Crippen LogP contribution in [0.25, 0.3) is 0 Å². The van der Waals surface area contributed by atoms with Crippen LogP contribution in [0.5, 0.6) is 5.75 Å². The third kappa shape index (κ3) is 5.43. The molecule has 0 bridgehead atoms. The molecule has 5 nitrogen and oxygen atoms in total. The Morgan fingerprint density at radius 1 is 1.08 bits per heavy atom. The Morgan fingerprint density at radius 3 is 2.17 bits per heavy atom. The van der Waals surface area contributed by atoms with Crippen molar-refractivity contribution in [1.29, 1.82) is 5.41 Å². The molecule has 0 fully saturated rings. The third-order valence-electron chi connectivity index (χ3n) is 3.27. The fraction of sp³-hybridized carbons (Fsp3) is 0.263. The van der Waals surface area contributed by atoms with Crippen LogP contribution in [0.3, 0.4) is 0 Å². The summed E-state index contributed by atoms with van der Waals surface area (Å²) in [7, 11) is 0. The normalized spacial score (nSPS) is 11.0. The Labute approximate surface area is 142 Å². The van der Waals surface area contributed by atoms with Crippen LogP contribution in [0.1, 0.15) is 36.7 Å².